The Bertz CT molecular complexity index is 569. The molecule has 7 heteroatoms. The van der Waals surface area contributed by atoms with Crippen LogP contribution < -0.4 is 4.72 Å². The molecule has 1 aromatic carbocycles. The summed E-state index contributed by atoms with van der Waals surface area (Å²) in [5.74, 6) is 0. The van der Waals surface area contributed by atoms with Gasteiger partial charge in [-0.15, -0.1) is 0 Å². The molecule has 0 aliphatic heterocycles. The minimum atomic E-state index is -3.62. The number of nitrogens with one attached hydrogen (secondary N) is 1. The second kappa shape index (κ2) is 6.53. The molecule has 0 fully saturated rings. The van der Waals surface area contributed by atoms with Crippen LogP contribution >= 0.6 is 27.5 Å². The number of nitriles is 1. The fourth-order valence-corrected chi connectivity index (χ4v) is 3.30. The molecular weight excluding hydrogens is 340 g/mol. The van der Waals surface area contributed by atoms with Gasteiger partial charge in [-0.1, -0.05) is 18.5 Å². The van der Waals surface area contributed by atoms with Crippen molar-refractivity contribution in [2.45, 2.75) is 30.7 Å². The highest BCUT2D eigenvalue weighted by Crippen LogP contribution is 2.25. The van der Waals surface area contributed by atoms with E-state index in [2.05, 4.69) is 20.7 Å². The Morgan fingerprint density at radius 2 is 2.22 bits per heavy atom. The molecule has 0 aliphatic rings. The molecule has 1 N–H and O–H groups in total. The van der Waals surface area contributed by atoms with Gasteiger partial charge in [-0.3, -0.25) is 0 Å². The number of hydrogen-bond acceptors (Lipinski definition) is 3. The Morgan fingerprint density at radius 1 is 1.56 bits per heavy atom. The zero-order valence-electron chi connectivity index (χ0n) is 9.65. The minimum Gasteiger partial charge on any atom is -0.207 e. The molecule has 1 atom stereocenters. The SMILES string of the molecule is CCC(CC#N)NS(=O)(=O)c1ccc(Cl)c(Br)c1. The normalized spacial score (nSPS) is 13.0. The van der Waals surface area contributed by atoms with Gasteiger partial charge in [0, 0.05) is 10.5 Å². The van der Waals surface area contributed by atoms with Crippen molar-refractivity contribution >= 4 is 37.6 Å². The van der Waals surface area contributed by atoms with E-state index in [1.54, 1.807) is 0 Å². The Kier molecular flexibility index (Phi) is 5.60. The van der Waals surface area contributed by atoms with Gasteiger partial charge in [0.1, 0.15) is 0 Å². The van der Waals surface area contributed by atoms with Gasteiger partial charge in [-0.05, 0) is 40.5 Å². The molecular formula is C11H12BrClN2O2S. The summed E-state index contributed by atoms with van der Waals surface area (Å²) in [4.78, 5) is 0.121. The summed E-state index contributed by atoms with van der Waals surface area (Å²) in [5, 5.41) is 9.05. The summed E-state index contributed by atoms with van der Waals surface area (Å²) in [6.45, 7) is 1.82. The molecule has 18 heavy (non-hydrogen) atoms. The largest absolute Gasteiger partial charge is 0.240 e. The van der Waals surface area contributed by atoms with Crippen LogP contribution in [0.5, 0.6) is 0 Å². The fraction of sp³-hybridized carbons (Fsp3) is 0.364. The number of hydrogen-bond donors (Lipinski definition) is 1. The summed E-state index contributed by atoms with van der Waals surface area (Å²) >= 11 is 8.98. The lowest BCUT2D eigenvalue weighted by Gasteiger charge is -2.14. The maximum Gasteiger partial charge on any atom is 0.240 e. The third kappa shape index (κ3) is 3.95. The summed E-state index contributed by atoms with van der Waals surface area (Å²) in [6, 6.07) is 5.94. The number of benzene rings is 1. The minimum absolute atomic E-state index is 0.121. The third-order valence-electron chi connectivity index (χ3n) is 2.35. The molecule has 0 spiro atoms. The van der Waals surface area contributed by atoms with E-state index in [4.69, 9.17) is 16.9 Å². The number of sulfonamides is 1. The van der Waals surface area contributed by atoms with Gasteiger partial charge in [0.25, 0.3) is 0 Å². The van der Waals surface area contributed by atoms with Crippen molar-refractivity contribution in [2.75, 3.05) is 0 Å². The van der Waals surface area contributed by atoms with Crippen molar-refractivity contribution in [1.29, 1.82) is 5.26 Å². The van der Waals surface area contributed by atoms with E-state index in [-0.39, 0.29) is 17.4 Å². The van der Waals surface area contributed by atoms with Crippen molar-refractivity contribution in [2.24, 2.45) is 0 Å². The fourth-order valence-electron chi connectivity index (χ4n) is 1.31. The van der Waals surface area contributed by atoms with Crippen molar-refractivity contribution < 1.29 is 8.42 Å². The highest BCUT2D eigenvalue weighted by molar-refractivity contribution is 9.10. The highest BCUT2D eigenvalue weighted by Gasteiger charge is 2.19. The molecule has 98 valence electrons. The van der Waals surface area contributed by atoms with Crippen LogP contribution in [0.2, 0.25) is 5.02 Å². The van der Waals surface area contributed by atoms with Crippen LogP contribution in [-0.2, 0) is 10.0 Å². The van der Waals surface area contributed by atoms with Gasteiger partial charge in [0.05, 0.1) is 22.4 Å². The Morgan fingerprint density at radius 3 is 2.72 bits per heavy atom. The van der Waals surface area contributed by atoms with Gasteiger partial charge in [-0.25, -0.2) is 13.1 Å². The standard InChI is InChI=1S/C11H12BrClN2O2S/c1-2-8(5-6-14)15-18(16,17)9-3-4-11(13)10(12)7-9/h3-4,7-8,15H,2,5H2,1H3. The van der Waals surface area contributed by atoms with E-state index in [1.165, 1.54) is 18.2 Å². The van der Waals surface area contributed by atoms with Crippen LogP contribution in [-0.4, -0.2) is 14.5 Å². The molecule has 1 rings (SSSR count). The zero-order valence-corrected chi connectivity index (χ0v) is 12.8. The van der Waals surface area contributed by atoms with Gasteiger partial charge >= 0.3 is 0 Å². The number of halogens is 2. The topological polar surface area (TPSA) is 70.0 Å². The maximum atomic E-state index is 12.1. The first-order valence-corrected chi connectivity index (χ1v) is 7.90. The summed E-state index contributed by atoms with van der Waals surface area (Å²) in [6.07, 6.45) is 0.700. The van der Waals surface area contributed by atoms with Gasteiger partial charge in [0.2, 0.25) is 10.0 Å². The van der Waals surface area contributed by atoms with Crippen LogP contribution in [0.4, 0.5) is 0 Å². The predicted octanol–water partition coefficient (Wildman–Crippen LogP) is 3.07. The van der Waals surface area contributed by atoms with Crippen LogP contribution in [0.25, 0.3) is 0 Å². The number of rotatable bonds is 5. The molecule has 0 heterocycles. The molecule has 0 radical (unpaired) electrons. The molecule has 0 saturated carbocycles. The summed E-state index contributed by atoms with van der Waals surface area (Å²) in [5.41, 5.74) is 0. The lowest BCUT2D eigenvalue weighted by atomic mass is 10.2. The van der Waals surface area contributed by atoms with E-state index in [1.807, 2.05) is 13.0 Å². The van der Waals surface area contributed by atoms with E-state index in [9.17, 15) is 8.42 Å². The Labute approximate surface area is 120 Å². The summed E-state index contributed by atoms with van der Waals surface area (Å²) in [7, 11) is -3.62. The molecule has 4 nitrogen and oxygen atoms in total. The van der Waals surface area contributed by atoms with E-state index in [0.717, 1.165) is 0 Å². The molecule has 0 amide bonds. The quantitative estimate of drug-likeness (QED) is 0.886. The van der Waals surface area contributed by atoms with Crippen molar-refractivity contribution in [3.05, 3.63) is 27.7 Å². The second-order valence-corrected chi connectivity index (χ2v) is 6.64. The van der Waals surface area contributed by atoms with E-state index in [0.29, 0.717) is 15.9 Å². The second-order valence-electron chi connectivity index (χ2n) is 3.66. The molecule has 0 aromatic heterocycles. The van der Waals surface area contributed by atoms with Crippen LogP contribution in [0.15, 0.2) is 27.6 Å². The predicted molar refractivity (Wildman–Crippen MR) is 73.8 cm³/mol. The number of nitrogens with zero attached hydrogens (tertiary/aromatic N) is 1. The smallest absolute Gasteiger partial charge is 0.207 e. The van der Waals surface area contributed by atoms with Gasteiger partial charge in [-0.2, -0.15) is 5.26 Å². The Balaban J connectivity index is 2.99. The maximum absolute atomic E-state index is 12.1. The summed E-state index contributed by atoms with van der Waals surface area (Å²) < 4.78 is 27.1. The van der Waals surface area contributed by atoms with Crippen molar-refractivity contribution in [3.63, 3.8) is 0 Å². The third-order valence-corrected chi connectivity index (χ3v) is 5.09. The Hall–Kier alpha value is -0.610. The molecule has 1 unspecified atom stereocenters. The molecule has 0 saturated heterocycles. The highest BCUT2D eigenvalue weighted by atomic mass is 79.9. The van der Waals surface area contributed by atoms with Crippen LogP contribution in [0.3, 0.4) is 0 Å². The first-order chi connectivity index (χ1) is 8.40. The zero-order chi connectivity index (χ0) is 13.8. The molecule has 0 bridgehead atoms. The lowest BCUT2D eigenvalue weighted by molar-refractivity contribution is 0.543. The van der Waals surface area contributed by atoms with Gasteiger partial charge in [0.15, 0.2) is 0 Å². The average molecular weight is 352 g/mol. The van der Waals surface area contributed by atoms with Crippen LogP contribution in [0, 0.1) is 11.3 Å². The monoisotopic (exact) mass is 350 g/mol. The van der Waals surface area contributed by atoms with Crippen LogP contribution in [0.1, 0.15) is 19.8 Å². The van der Waals surface area contributed by atoms with Crippen molar-refractivity contribution in [1.82, 2.24) is 4.72 Å². The van der Waals surface area contributed by atoms with E-state index >= 15 is 0 Å². The van der Waals surface area contributed by atoms with Gasteiger partial charge < -0.3 is 0 Å². The van der Waals surface area contributed by atoms with E-state index < -0.39 is 10.0 Å². The first kappa shape index (κ1) is 15.4. The average Bonchev–Trinajstić information content (AvgIpc) is 2.31. The molecule has 1 aromatic rings. The molecule has 0 aliphatic carbocycles. The first-order valence-electron chi connectivity index (χ1n) is 5.25. The van der Waals surface area contributed by atoms with Crippen molar-refractivity contribution in [3.8, 4) is 6.07 Å². The lowest BCUT2D eigenvalue weighted by Crippen LogP contribution is -2.34.